The van der Waals surface area contributed by atoms with Crippen LogP contribution in [0.15, 0.2) is 67.0 Å². The Morgan fingerprint density at radius 1 is 1.04 bits per heavy atom. The van der Waals surface area contributed by atoms with Crippen molar-refractivity contribution in [1.82, 2.24) is 4.98 Å². The molecule has 5 nitrogen and oxygen atoms in total. The number of nitrogens with one attached hydrogen (secondary N) is 1. The average Bonchev–Trinajstić information content (AvgIpc) is 2.96. The molecule has 1 heterocycles. The molecule has 1 amide bonds. The van der Waals surface area contributed by atoms with Gasteiger partial charge in [-0.2, -0.15) is 0 Å². The quantitative estimate of drug-likeness (QED) is 0.756. The van der Waals surface area contributed by atoms with Gasteiger partial charge in [-0.15, -0.1) is 0 Å². The van der Waals surface area contributed by atoms with E-state index in [1.54, 1.807) is 0 Å². The van der Waals surface area contributed by atoms with E-state index in [2.05, 4.69) is 34.6 Å². The molecule has 2 aromatic carbocycles. The Bertz CT molecular complexity index is 894. The first-order chi connectivity index (χ1) is 12.2. The monoisotopic (exact) mass is 332 g/mol. The Labute approximate surface area is 144 Å². The van der Waals surface area contributed by atoms with Crippen LogP contribution in [0.4, 0.5) is 10.5 Å². The smallest absolute Gasteiger partial charge is 0.411 e. The van der Waals surface area contributed by atoms with E-state index in [1.807, 2.05) is 24.3 Å². The molecule has 1 aliphatic carbocycles. The van der Waals surface area contributed by atoms with Crippen molar-refractivity contribution in [3.05, 3.63) is 78.1 Å². The fraction of sp³-hybridized carbons (Fsp3) is 0.100. The molecule has 0 unspecified atom stereocenters. The molecule has 2 N–H and O–H groups in total. The molecule has 124 valence electrons. The summed E-state index contributed by atoms with van der Waals surface area (Å²) in [6, 6.07) is 17.8. The lowest BCUT2D eigenvalue weighted by molar-refractivity contribution is 0.158. The number of fused-ring (bicyclic) bond motifs is 3. The highest BCUT2D eigenvalue weighted by Gasteiger charge is 2.29. The summed E-state index contributed by atoms with van der Waals surface area (Å²) in [6.07, 6.45) is 2.14. The minimum atomic E-state index is -0.608. The number of benzene rings is 2. The topological polar surface area (TPSA) is 71.5 Å². The maximum Gasteiger partial charge on any atom is 0.411 e. The minimum absolute atomic E-state index is 0.00388. The summed E-state index contributed by atoms with van der Waals surface area (Å²) in [5.41, 5.74) is 4.94. The Balaban J connectivity index is 1.51. The highest BCUT2D eigenvalue weighted by molar-refractivity contribution is 5.86. The molecule has 0 aliphatic heterocycles. The molecular formula is C20H16N2O3. The van der Waals surface area contributed by atoms with Gasteiger partial charge >= 0.3 is 6.09 Å². The third-order valence-electron chi connectivity index (χ3n) is 4.38. The van der Waals surface area contributed by atoms with Crippen LogP contribution in [0.1, 0.15) is 17.0 Å². The highest BCUT2D eigenvalue weighted by atomic mass is 16.5. The number of aromatic nitrogens is 1. The van der Waals surface area contributed by atoms with Gasteiger partial charge in [0.1, 0.15) is 6.61 Å². The molecule has 0 fully saturated rings. The van der Waals surface area contributed by atoms with Gasteiger partial charge in [-0.1, -0.05) is 48.5 Å². The Hall–Kier alpha value is -3.34. The maximum atomic E-state index is 12.1. The normalized spacial score (nSPS) is 12.3. The molecule has 0 bridgehead atoms. The van der Waals surface area contributed by atoms with E-state index in [4.69, 9.17) is 4.74 Å². The minimum Gasteiger partial charge on any atom is -0.504 e. The summed E-state index contributed by atoms with van der Waals surface area (Å²) >= 11 is 0. The number of aromatic hydroxyl groups is 1. The predicted molar refractivity (Wildman–Crippen MR) is 94.6 cm³/mol. The van der Waals surface area contributed by atoms with Crippen LogP contribution in [0.5, 0.6) is 5.75 Å². The molecule has 1 aromatic heterocycles. The van der Waals surface area contributed by atoms with Crippen molar-refractivity contribution < 1.29 is 14.6 Å². The molecule has 1 aliphatic rings. The zero-order valence-corrected chi connectivity index (χ0v) is 13.3. The highest BCUT2D eigenvalue weighted by Crippen LogP contribution is 2.44. The van der Waals surface area contributed by atoms with Crippen molar-refractivity contribution in [1.29, 1.82) is 0 Å². The SMILES string of the molecule is O=C(Nc1ccncc1O)OCC1c2ccccc2-c2ccccc21. The largest absolute Gasteiger partial charge is 0.504 e. The molecule has 5 heteroatoms. The van der Waals surface area contributed by atoms with Crippen molar-refractivity contribution in [3.8, 4) is 16.9 Å². The van der Waals surface area contributed by atoms with E-state index in [1.165, 1.54) is 29.6 Å². The predicted octanol–water partition coefficient (Wildman–Crippen LogP) is 4.15. The lowest BCUT2D eigenvalue weighted by Crippen LogP contribution is -2.18. The van der Waals surface area contributed by atoms with Crippen LogP contribution in [0.2, 0.25) is 0 Å². The standard InChI is InChI=1S/C20H16N2O3/c23-19-11-21-10-9-18(19)22-20(24)25-12-17-15-7-3-1-5-13(15)14-6-2-4-8-16(14)17/h1-11,17,23H,12H2,(H,21,22,24). The van der Waals surface area contributed by atoms with Crippen molar-refractivity contribution in [2.45, 2.75) is 5.92 Å². The molecule has 0 radical (unpaired) electrons. The van der Waals surface area contributed by atoms with Crippen LogP contribution in [0, 0.1) is 0 Å². The lowest BCUT2D eigenvalue weighted by Gasteiger charge is -2.14. The number of anilines is 1. The zero-order chi connectivity index (χ0) is 17.2. The lowest BCUT2D eigenvalue weighted by atomic mass is 9.98. The van der Waals surface area contributed by atoms with Crippen molar-refractivity contribution >= 4 is 11.8 Å². The fourth-order valence-electron chi connectivity index (χ4n) is 3.24. The van der Waals surface area contributed by atoms with Crippen LogP contribution >= 0.6 is 0 Å². The summed E-state index contributed by atoms with van der Waals surface area (Å²) in [4.78, 5) is 15.8. The first-order valence-electron chi connectivity index (χ1n) is 7.99. The van der Waals surface area contributed by atoms with Crippen LogP contribution in [-0.2, 0) is 4.74 Å². The van der Waals surface area contributed by atoms with Crippen molar-refractivity contribution in [2.24, 2.45) is 0 Å². The second-order valence-electron chi connectivity index (χ2n) is 5.84. The molecule has 4 rings (SSSR count). The van der Waals surface area contributed by atoms with E-state index in [9.17, 15) is 9.90 Å². The van der Waals surface area contributed by atoms with Crippen LogP contribution in [0.25, 0.3) is 11.1 Å². The number of carbonyl (C=O) groups excluding carboxylic acids is 1. The first-order valence-corrected chi connectivity index (χ1v) is 7.99. The third kappa shape index (κ3) is 2.80. The van der Waals surface area contributed by atoms with E-state index < -0.39 is 6.09 Å². The van der Waals surface area contributed by atoms with Gasteiger partial charge in [0.2, 0.25) is 0 Å². The summed E-state index contributed by atoms with van der Waals surface area (Å²) in [6.45, 7) is 0.228. The molecule has 0 spiro atoms. The zero-order valence-electron chi connectivity index (χ0n) is 13.3. The average molecular weight is 332 g/mol. The van der Waals surface area contributed by atoms with Gasteiger partial charge in [-0.05, 0) is 28.3 Å². The first kappa shape index (κ1) is 15.2. The summed E-state index contributed by atoms with van der Waals surface area (Å²) in [5.74, 6) is -0.0970. The molecule has 25 heavy (non-hydrogen) atoms. The van der Waals surface area contributed by atoms with E-state index in [-0.39, 0.29) is 24.0 Å². The molecule has 0 saturated heterocycles. The van der Waals surface area contributed by atoms with Gasteiger partial charge in [0, 0.05) is 12.1 Å². The van der Waals surface area contributed by atoms with Gasteiger partial charge in [0.05, 0.1) is 11.9 Å². The second-order valence-corrected chi connectivity index (χ2v) is 5.84. The summed E-state index contributed by atoms with van der Waals surface area (Å²) in [7, 11) is 0. The van der Waals surface area contributed by atoms with Gasteiger partial charge in [-0.3, -0.25) is 10.3 Å². The number of hydrogen-bond donors (Lipinski definition) is 2. The van der Waals surface area contributed by atoms with Crippen LogP contribution < -0.4 is 5.32 Å². The summed E-state index contributed by atoms with van der Waals surface area (Å²) in [5, 5.41) is 12.2. The molecule has 0 atom stereocenters. The van der Waals surface area contributed by atoms with Crippen molar-refractivity contribution in [2.75, 3.05) is 11.9 Å². The van der Waals surface area contributed by atoms with Crippen LogP contribution in [-0.4, -0.2) is 22.8 Å². The number of ether oxygens (including phenoxy) is 1. The fourth-order valence-corrected chi connectivity index (χ4v) is 3.24. The van der Waals surface area contributed by atoms with Gasteiger partial charge in [0.15, 0.2) is 5.75 Å². The van der Waals surface area contributed by atoms with E-state index in [0.29, 0.717) is 0 Å². The van der Waals surface area contributed by atoms with E-state index >= 15 is 0 Å². The third-order valence-corrected chi connectivity index (χ3v) is 4.38. The number of rotatable bonds is 3. The number of nitrogens with zero attached hydrogens (tertiary/aromatic N) is 1. The number of pyridine rings is 1. The number of carbonyl (C=O) groups is 1. The van der Waals surface area contributed by atoms with Crippen LogP contribution in [0.3, 0.4) is 0 Å². The maximum absolute atomic E-state index is 12.1. The van der Waals surface area contributed by atoms with E-state index in [0.717, 1.165) is 11.1 Å². The Kier molecular flexibility index (Phi) is 3.82. The Morgan fingerprint density at radius 3 is 2.32 bits per heavy atom. The van der Waals surface area contributed by atoms with Crippen molar-refractivity contribution in [3.63, 3.8) is 0 Å². The summed E-state index contributed by atoms with van der Waals surface area (Å²) < 4.78 is 5.42. The number of hydrogen-bond acceptors (Lipinski definition) is 4. The Morgan fingerprint density at radius 2 is 1.68 bits per heavy atom. The van der Waals surface area contributed by atoms with Gasteiger partial charge in [-0.25, -0.2) is 4.79 Å². The molecule has 3 aromatic rings. The molecule has 0 saturated carbocycles. The van der Waals surface area contributed by atoms with Gasteiger partial charge < -0.3 is 9.84 Å². The second kappa shape index (κ2) is 6.28. The van der Waals surface area contributed by atoms with Gasteiger partial charge in [0.25, 0.3) is 0 Å². The number of amides is 1. The molecular weight excluding hydrogens is 316 g/mol.